The summed E-state index contributed by atoms with van der Waals surface area (Å²) in [6, 6.07) is 14.5. The molecule has 0 fully saturated rings. The van der Waals surface area contributed by atoms with E-state index < -0.39 is 0 Å². The smallest absolute Gasteiger partial charge is 0.252 e. The molecule has 152 valence electrons. The minimum absolute atomic E-state index is 0.251. The van der Waals surface area contributed by atoms with Crippen LogP contribution >= 0.6 is 0 Å². The topological polar surface area (TPSA) is 102 Å². The number of ether oxygens (including phenoxy) is 2. The number of nitrogens with zero attached hydrogens (tertiary/aromatic N) is 3. The molecule has 0 spiro atoms. The molecule has 4 aromatic rings. The van der Waals surface area contributed by atoms with Crippen LogP contribution in [0.25, 0.3) is 22.2 Å². The lowest BCUT2D eigenvalue weighted by atomic mass is 10.1. The second kappa shape index (κ2) is 8.20. The van der Waals surface area contributed by atoms with Crippen molar-refractivity contribution in [2.75, 3.05) is 19.0 Å². The van der Waals surface area contributed by atoms with E-state index in [1.54, 1.807) is 7.11 Å². The predicted octanol–water partition coefficient (Wildman–Crippen LogP) is 3.84. The van der Waals surface area contributed by atoms with Crippen LogP contribution in [0, 0.1) is 6.92 Å². The molecule has 0 aliphatic rings. The standard InChI is InChI=1S/C22H21N5O3/c1-4-30-18-7-5-6-16-13(2)23-21(26-20(16)18)27-22-24-17(12-19(28)25-22)14-8-10-15(29-3)11-9-14/h5-12H,4H2,1-3H3,(H2,23,24,25,26,27,28). The summed E-state index contributed by atoms with van der Waals surface area (Å²) in [5, 5.41) is 3.91. The summed E-state index contributed by atoms with van der Waals surface area (Å²) in [6.07, 6.45) is 0. The first-order valence-corrected chi connectivity index (χ1v) is 9.50. The Morgan fingerprint density at radius 1 is 1.07 bits per heavy atom. The number of rotatable bonds is 6. The Balaban J connectivity index is 1.72. The van der Waals surface area contributed by atoms with E-state index in [-0.39, 0.29) is 11.5 Å². The van der Waals surface area contributed by atoms with Crippen molar-refractivity contribution in [3.05, 3.63) is 64.6 Å². The van der Waals surface area contributed by atoms with Crippen LogP contribution in [0.2, 0.25) is 0 Å². The molecule has 0 unspecified atom stereocenters. The van der Waals surface area contributed by atoms with Crippen LogP contribution in [0.4, 0.5) is 11.9 Å². The van der Waals surface area contributed by atoms with Crippen LogP contribution in [0.5, 0.6) is 11.5 Å². The van der Waals surface area contributed by atoms with E-state index in [0.717, 1.165) is 22.4 Å². The molecule has 0 aliphatic heterocycles. The van der Waals surface area contributed by atoms with Crippen molar-refractivity contribution in [1.29, 1.82) is 0 Å². The average molecular weight is 403 g/mol. The Kier molecular flexibility index (Phi) is 5.30. The molecule has 8 nitrogen and oxygen atoms in total. The van der Waals surface area contributed by atoms with Gasteiger partial charge in [0.05, 0.1) is 25.1 Å². The van der Waals surface area contributed by atoms with Gasteiger partial charge in [0.25, 0.3) is 5.56 Å². The maximum absolute atomic E-state index is 12.2. The summed E-state index contributed by atoms with van der Waals surface area (Å²) < 4.78 is 10.9. The van der Waals surface area contributed by atoms with Crippen LogP contribution in [-0.2, 0) is 0 Å². The van der Waals surface area contributed by atoms with Gasteiger partial charge in [0.1, 0.15) is 17.0 Å². The van der Waals surface area contributed by atoms with Gasteiger partial charge < -0.3 is 9.47 Å². The molecule has 30 heavy (non-hydrogen) atoms. The zero-order valence-corrected chi connectivity index (χ0v) is 16.9. The second-order valence-corrected chi connectivity index (χ2v) is 6.55. The number of H-pyrrole nitrogens is 1. The minimum Gasteiger partial charge on any atom is -0.497 e. The van der Waals surface area contributed by atoms with Gasteiger partial charge in [0.2, 0.25) is 11.9 Å². The fourth-order valence-corrected chi connectivity index (χ4v) is 3.14. The molecule has 2 aromatic carbocycles. The quantitative estimate of drug-likeness (QED) is 0.504. The van der Waals surface area contributed by atoms with E-state index in [1.165, 1.54) is 6.07 Å². The number of nitrogens with one attached hydrogen (secondary N) is 2. The van der Waals surface area contributed by atoms with Crippen molar-refractivity contribution < 1.29 is 9.47 Å². The highest BCUT2D eigenvalue weighted by Gasteiger charge is 2.11. The third-order valence-electron chi connectivity index (χ3n) is 4.54. The average Bonchev–Trinajstić information content (AvgIpc) is 2.74. The van der Waals surface area contributed by atoms with Gasteiger partial charge >= 0.3 is 0 Å². The van der Waals surface area contributed by atoms with Gasteiger partial charge in [-0.25, -0.2) is 15.0 Å². The second-order valence-electron chi connectivity index (χ2n) is 6.55. The predicted molar refractivity (Wildman–Crippen MR) is 116 cm³/mol. The fourth-order valence-electron chi connectivity index (χ4n) is 3.14. The molecule has 0 radical (unpaired) electrons. The third-order valence-corrected chi connectivity index (χ3v) is 4.54. The zero-order valence-electron chi connectivity index (χ0n) is 16.9. The number of fused-ring (bicyclic) bond motifs is 1. The Hall–Kier alpha value is -3.94. The highest BCUT2D eigenvalue weighted by Crippen LogP contribution is 2.27. The molecule has 0 aliphatic carbocycles. The molecule has 2 heterocycles. The molecule has 0 bridgehead atoms. The number of benzene rings is 2. The Morgan fingerprint density at radius 2 is 1.87 bits per heavy atom. The minimum atomic E-state index is -0.286. The highest BCUT2D eigenvalue weighted by atomic mass is 16.5. The Morgan fingerprint density at radius 3 is 2.60 bits per heavy atom. The first-order chi connectivity index (χ1) is 14.6. The molecule has 0 saturated heterocycles. The number of methoxy groups -OCH3 is 1. The summed E-state index contributed by atoms with van der Waals surface area (Å²) in [5.41, 5.74) is 2.52. The summed E-state index contributed by atoms with van der Waals surface area (Å²) >= 11 is 0. The number of anilines is 2. The third kappa shape index (κ3) is 3.93. The molecule has 2 aromatic heterocycles. The highest BCUT2D eigenvalue weighted by molar-refractivity contribution is 5.87. The molecular weight excluding hydrogens is 382 g/mol. The van der Waals surface area contributed by atoms with Crippen LogP contribution in [0.1, 0.15) is 12.6 Å². The molecule has 0 atom stereocenters. The number of aromatic amines is 1. The summed E-state index contributed by atoms with van der Waals surface area (Å²) in [6.45, 7) is 4.35. The number of hydrogen-bond donors (Lipinski definition) is 2. The van der Waals surface area contributed by atoms with Crippen molar-refractivity contribution in [3.8, 4) is 22.8 Å². The maximum Gasteiger partial charge on any atom is 0.252 e. The van der Waals surface area contributed by atoms with Gasteiger partial charge in [0, 0.05) is 17.0 Å². The van der Waals surface area contributed by atoms with E-state index in [2.05, 4.69) is 25.3 Å². The first kappa shape index (κ1) is 19.4. The number of aryl methyl sites for hydroxylation is 1. The van der Waals surface area contributed by atoms with Crippen LogP contribution < -0.4 is 20.3 Å². The molecular formula is C22H21N5O3. The summed E-state index contributed by atoms with van der Waals surface area (Å²) in [4.78, 5) is 28.5. The van der Waals surface area contributed by atoms with Gasteiger partial charge in [-0.1, -0.05) is 12.1 Å². The molecule has 2 N–H and O–H groups in total. The van der Waals surface area contributed by atoms with Gasteiger partial charge in [-0.05, 0) is 44.2 Å². The Labute approximate surface area is 173 Å². The van der Waals surface area contributed by atoms with Crippen molar-refractivity contribution in [1.82, 2.24) is 19.9 Å². The summed E-state index contributed by atoms with van der Waals surface area (Å²) in [7, 11) is 1.60. The molecule has 0 amide bonds. The zero-order chi connectivity index (χ0) is 21.1. The fraction of sp³-hybridized carbons (Fsp3) is 0.182. The van der Waals surface area contributed by atoms with Gasteiger partial charge in [0.15, 0.2) is 0 Å². The molecule has 0 saturated carbocycles. The van der Waals surface area contributed by atoms with Gasteiger partial charge in [-0.3, -0.25) is 15.1 Å². The lowest BCUT2D eigenvalue weighted by Gasteiger charge is -2.11. The SMILES string of the molecule is CCOc1cccc2c(C)nc(Nc3nc(-c4ccc(OC)cc4)cc(=O)[nH]3)nc12. The van der Waals surface area contributed by atoms with Gasteiger partial charge in [-0.15, -0.1) is 0 Å². The normalized spacial score (nSPS) is 10.8. The van der Waals surface area contributed by atoms with Gasteiger partial charge in [-0.2, -0.15) is 0 Å². The van der Waals surface area contributed by atoms with Crippen LogP contribution in [-0.4, -0.2) is 33.7 Å². The van der Waals surface area contributed by atoms with Crippen molar-refractivity contribution in [3.63, 3.8) is 0 Å². The van der Waals surface area contributed by atoms with Crippen molar-refractivity contribution >= 4 is 22.8 Å². The molecule has 8 heteroatoms. The van der Waals surface area contributed by atoms with Crippen molar-refractivity contribution in [2.24, 2.45) is 0 Å². The van der Waals surface area contributed by atoms with E-state index in [4.69, 9.17) is 9.47 Å². The van der Waals surface area contributed by atoms with E-state index in [0.29, 0.717) is 29.5 Å². The van der Waals surface area contributed by atoms with E-state index in [1.807, 2.05) is 56.3 Å². The number of aromatic nitrogens is 4. The Bertz CT molecular complexity index is 1250. The van der Waals surface area contributed by atoms with Crippen LogP contribution in [0.3, 0.4) is 0 Å². The monoisotopic (exact) mass is 403 g/mol. The van der Waals surface area contributed by atoms with E-state index in [9.17, 15) is 4.79 Å². The summed E-state index contributed by atoms with van der Waals surface area (Å²) in [5.74, 6) is 1.98. The van der Waals surface area contributed by atoms with Crippen LogP contribution in [0.15, 0.2) is 53.3 Å². The largest absolute Gasteiger partial charge is 0.497 e. The number of para-hydroxylation sites is 1. The maximum atomic E-state index is 12.2. The molecule has 4 rings (SSSR count). The van der Waals surface area contributed by atoms with E-state index >= 15 is 0 Å². The first-order valence-electron chi connectivity index (χ1n) is 9.50. The lowest BCUT2D eigenvalue weighted by molar-refractivity contribution is 0.343. The van der Waals surface area contributed by atoms with Crippen molar-refractivity contribution in [2.45, 2.75) is 13.8 Å². The lowest BCUT2D eigenvalue weighted by Crippen LogP contribution is -2.12. The number of hydrogen-bond acceptors (Lipinski definition) is 7.